The molecule has 0 aliphatic carbocycles. The molecule has 0 aromatic heterocycles. The van der Waals surface area contributed by atoms with Gasteiger partial charge in [-0.15, -0.1) is 0 Å². The minimum Gasteiger partial charge on any atom is -0.497 e. The first-order chi connectivity index (χ1) is 14.2. The number of rotatable bonds is 5. The van der Waals surface area contributed by atoms with Gasteiger partial charge >= 0.3 is 0 Å². The predicted octanol–water partition coefficient (Wildman–Crippen LogP) is 5.71. The van der Waals surface area contributed by atoms with Gasteiger partial charge in [-0.25, -0.2) is 0 Å². The molecule has 3 aromatic carbocycles. The van der Waals surface area contributed by atoms with Crippen LogP contribution in [-0.2, 0) is 6.42 Å². The van der Waals surface area contributed by atoms with Crippen LogP contribution in [0.3, 0.4) is 0 Å². The number of aryl methyl sites for hydroxylation is 1. The molecule has 1 heterocycles. The minimum atomic E-state index is 0.358. The summed E-state index contributed by atoms with van der Waals surface area (Å²) in [6.45, 7) is 5.17. The molecular formula is C27H29NO. The summed E-state index contributed by atoms with van der Waals surface area (Å²) in [5.41, 5.74) is 6.77. The molecule has 0 saturated carbocycles. The Kier molecular flexibility index (Phi) is 6.12. The summed E-state index contributed by atoms with van der Waals surface area (Å²) in [5.74, 6) is 1.30. The van der Waals surface area contributed by atoms with E-state index in [0.29, 0.717) is 5.92 Å². The van der Waals surface area contributed by atoms with Gasteiger partial charge in [0.05, 0.1) is 7.11 Å². The fraction of sp³-hybridized carbons (Fsp3) is 0.259. The van der Waals surface area contributed by atoms with Crippen molar-refractivity contribution in [2.24, 2.45) is 0 Å². The first kappa shape index (κ1) is 19.5. The van der Waals surface area contributed by atoms with E-state index < -0.39 is 0 Å². The lowest BCUT2D eigenvalue weighted by Gasteiger charge is -2.24. The van der Waals surface area contributed by atoms with Crippen LogP contribution in [0, 0.1) is 6.92 Å². The van der Waals surface area contributed by atoms with Crippen LogP contribution < -0.4 is 4.74 Å². The van der Waals surface area contributed by atoms with Gasteiger partial charge in [-0.05, 0) is 47.7 Å². The maximum absolute atomic E-state index is 5.53. The van der Waals surface area contributed by atoms with Crippen molar-refractivity contribution in [1.29, 1.82) is 0 Å². The normalized spacial score (nSPS) is 17.1. The summed E-state index contributed by atoms with van der Waals surface area (Å²) in [6, 6.07) is 26.1. The summed E-state index contributed by atoms with van der Waals surface area (Å²) in [7, 11) is 1.75. The summed E-state index contributed by atoms with van der Waals surface area (Å²) >= 11 is 0. The van der Waals surface area contributed by atoms with E-state index in [1.54, 1.807) is 7.11 Å². The first-order valence-electron chi connectivity index (χ1n) is 10.4. The highest BCUT2D eigenvalue weighted by atomic mass is 16.5. The lowest BCUT2D eigenvalue weighted by atomic mass is 9.88. The Morgan fingerprint density at radius 2 is 1.79 bits per heavy atom. The van der Waals surface area contributed by atoms with Crippen molar-refractivity contribution in [3.63, 3.8) is 0 Å². The van der Waals surface area contributed by atoms with Gasteiger partial charge < -0.3 is 4.74 Å². The van der Waals surface area contributed by atoms with E-state index >= 15 is 0 Å². The van der Waals surface area contributed by atoms with Crippen LogP contribution in [0.15, 0.2) is 78.9 Å². The third-order valence-corrected chi connectivity index (χ3v) is 5.82. The zero-order valence-corrected chi connectivity index (χ0v) is 17.3. The maximum Gasteiger partial charge on any atom is 0.119 e. The van der Waals surface area contributed by atoms with Crippen molar-refractivity contribution in [3.8, 4) is 5.75 Å². The number of benzene rings is 3. The zero-order chi connectivity index (χ0) is 20.1. The smallest absolute Gasteiger partial charge is 0.119 e. The topological polar surface area (TPSA) is 12.5 Å². The lowest BCUT2D eigenvalue weighted by molar-refractivity contribution is 0.306. The van der Waals surface area contributed by atoms with Gasteiger partial charge in [0.15, 0.2) is 0 Å². The molecule has 2 nitrogen and oxygen atoms in total. The van der Waals surface area contributed by atoms with Crippen LogP contribution in [0.25, 0.3) is 6.08 Å². The number of hydrogen-bond donors (Lipinski definition) is 0. The fourth-order valence-electron chi connectivity index (χ4n) is 4.13. The van der Waals surface area contributed by atoms with Gasteiger partial charge in [0.25, 0.3) is 0 Å². The van der Waals surface area contributed by atoms with Crippen molar-refractivity contribution < 1.29 is 4.74 Å². The third-order valence-electron chi connectivity index (χ3n) is 5.82. The second-order valence-corrected chi connectivity index (χ2v) is 7.85. The molecule has 1 aliphatic heterocycles. The van der Waals surface area contributed by atoms with Crippen LogP contribution in [-0.4, -0.2) is 31.6 Å². The van der Waals surface area contributed by atoms with Gasteiger partial charge in [0.2, 0.25) is 0 Å². The maximum atomic E-state index is 5.53. The minimum absolute atomic E-state index is 0.358. The number of hydrogen-bond acceptors (Lipinski definition) is 2. The lowest BCUT2D eigenvalue weighted by Crippen LogP contribution is -2.29. The third kappa shape index (κ3) is 4.78. The number of nitrogens with zero attached hydrogens (tertiary/aromatic N) is 1. The summed E-state index contributed by atoms with van der Waals surface area (Å²) in [4.78, 5) is 2.56. The van der Waals surface area contributed by atoms with Crippen LogP contribution in [0.1, 0.15) is 33.7 Å². The molecule has 2 heteroatoms. The highest BCUT2D eigenvalue weighted by Gasteiger charge is 2.24. The fourth-order valence-corrected chi connectivity index (χ4v) is 4.13. The molecule has 1 atom stereocenters. The van der Waals surface area contributed by atoms with E-state index in [-0.39, 0.29) is 0 Å². The Labute approximate surface area is 174 Å². The molecule has 4 rings (SSSR count). The van der Waals surface area contributed by atoms with E-state index in [1.165, 1.54) is 27.8 Å². The number of fused-ring (bicyclic) bond motifs is 1. The standard InChI is InChI=1S/C27H29NO/c1-21-10-12-22(13-11-21)7-6-17-28-18-16-24-14-15-25(29-2)19-26(24)27(20-28)23-8-4-3-5-9-23/h3-15,19,27H,16-18,20H2,1-2H3. The predicted molar refractivity (Wildman–Crippen MR) is 122 cm³/mol. The highest BCUT2D eigenvalue weighted by molar-refractivity contribution is 5.50. The molecule has 0 N–H and O–H groups in total. The highest BCUT2D eigenvalue weighted by Crippen LogP contribution is 2.33. The van der Waals surface area contributed by atoms with Crippen LogP contribution in [0.2, 0.25) is 0 Å². The summed E-state index contributed by atoms with van der Waals surface area (Å²) in [5, 5.41) is 0. The number of ether oxygens (including phenoxy) is 1. The van der Waals surface area contributed by atoms with Gasteiger partial charge in [0.1, 0.15) is 5.75 Å². The molecule has 3 aromatic rings. The van der Waals surface area contributed by atoms with E-state index in [0.717, 1.165) is 31.8 Å². The Balaban J connectivity index is 1.57. The van der Waals surface area contributed by atoms with Gasteiger partial charge in [0, 0.05) is 25.6 Å². The van der Waals surface area contributed by atoms with Gasteiger partial charge in [-0.3, -0.25) is 4.90 Å². The monoisotopic (exact) mass is 383 g/mol. The Hall–Kier alpha value is -2.84. The molecule has 0 radical (unpaired) electrons. The van der Waals surface area contributed by atoms with E-state index in [2.05, 4.69) is 96.8 Å². The van der Waals surface area contributed by atoms with Crippen molar-refractivity contribution >= 4 is 6.08 Å². The van der Waals surface area contributed by atoms with Crippen molar-refractivity contribution in [1.82, 2.24) is 4.90 Å². The molecule has 1 unspecified atom stereocenters. The Morgan fingerprint density at radius 3 is 2.55 bits per heavy atom. The molecule has 0 saturated heterocycles. The van der Waals surface area contributed by atoms with Crippen molar-refractivity contribution in [2.45, 2.75) is 19.3 Å². The molecule has 29 heavy (non-hydrogen) atoms. The van der Waals surface area contributed by atoms with Gasteiger partial charge in [-0.1, -0.05) is 78.4 Å². The molecule has 0 amide bonds. The van der Waals surface area contributed by atoms with Crippen LogP contribution >= 0.6 is 0 Å². The molecule has 148 valence electrons. The van der Waals surface area contributed by atoms with Crippen molar-refractivity contribution in [3.05, 3.63) is 107 Å². The van der Waals surface area contributed by atoms with E-state index in [9.17, 15) is 0 Å². The second-order valence-electron chi connectivity index (χ2n) is 7.85. The van der Waals surface area contributed by atoms with Crippen LogP contribution in [0.4, 0.5) is 0 Å². The Morgan fingerprint density at radius 1 is 1.00 bits per heavy atom. The van der Waals surface area contributed by atoms with E-state index in [1.807, 2.05) is 0 Å². The molecule has 0 fully saturated rings. The molecule has 1 aliphatic rings. The van der Waals surface area contributed by atoms with E-state index in [4.69, 9.17) is 4.74 Å². The molecular weight excluding hydrogens is 354 g/mol. The summed E-state index contributed by atoms with van der Waals surface area (Å²) in [6.07, 6.45) is 5.60. The average Bonchev–Trinajstić information content (AvgIpc) is 2.95. The summed E-state index contributed by atoms with van der Waals surface area (Å²) < 4.78 is 5.53. The van der Waals surface area contributed by atoms with Crippen molar-refractivity contribution in [2.75, 3.05) is 26.7 Å². The number of methoxy groups -OCH3 is 1. The largest absolute Gasteiger partial charge is 0.497 e. The molecule has 0 spiro atoms. The van der Waals surface area contributed by atoms with Crippen LogP contribution in [0.5, 0.6) is 5.75 Å². The SMILES string of the molecule is COc1ccc2c(c1)C(c1ccccc1)CN(CC=Cc1ccc(C)cc1)CC2. The Bertz CT molecular complexity index is 960. The quantitative estimate of drug-likeness (QED) is 0.560. The molecule has 0 bridgehead atoms. The first-order valence-corrected chi connectivity index (χ1v) is 10.4. The van der Waals surface area contributed by atoms with Gasteiger partial charge in [-0.2, -0.15) is 0 Å². The average molecular weight is 384 g/mol. The zero-order valence-electron chi connectivity index (χ0n) is 17.3. The second kappa shape index (κ2) is 9.11.